The number of pyridine rings is 1. The fourth-order valence-corrected chi connectivity index (χ4v) is 1.63. The number of nitrogens with zero attached hydrogens (tertiary/aromatic N) is 1. The lowest BCUT2D eigenvalue weighted by Crippen LogP contribution is -2.02. The van der Waals surface area contributed by atoms with Crippen LogP contribution in [0.5, 0.6) is 5.75 Å². The van der Waals surface area contributed by atoms with Crippen molar-refractivity contribution in [3.05, 3.63) is 48.3 Å². The number of carboxylic acid groups (broad SMARTS) is 1. The van der Waals surface area contributed by atoms with E-state index in [4.69, 9.17) is 9.84 Å². The Hall–Kier alpha value is -2.56. The molecule has 0 bridgehead atoms. The maximum Gasteiger partial charge on any atom is 0.354 e. The Kier molecular flexibility index (Phi) is 3.97. The minimum Gasteiger partial charge on any atom is -0.492 e. The first-order valence-electron chi connectivity index (χ1n) is 5.89. The van der Waals surface area contributed by atoms with E-state index in [0.29, 0.717) is 12.3 Å². The number of hydrogen-bond acceptors (Lipinski definition) is 4. The van der Waals surface area contributed by atoms with Gasteiger partial charge in [-0.2, -0.15) is 0 Å². The first-order valence-corrected chi connectivity index (χ1v) is 5.89. The highest BCUT2D eigenvalue weighted by molar-refractivity contribution is 5.86. The van der Waals surface area contributed by atoms with Gasteiger partial charge in [0.05, 0.1) is 12.3 Å². The van der Waals surface area contributed by atoms with Crippen molar-refractivity contribution in [2.75, 3.05) is 11.9 Å². The molecular weight excluding hydrogens is 244 g/mol. The zero-order valence-electron chi connectivity index (χ0n) is 10.5. The molecule has 0 aliphatic carbocycles. The molecule has 0 aliphatic rings. The molecule has 5 heteroatoms. The van der Waals surface area contributed by atoms with Crippen LogP contribution in [0.25, 0.3) is 0 Å². The van der Waals surface area contributed by atoms with Crippen LogP contribution in [-0.4, -0.2) is 22.7 Å². The maximum atomic E-state index is 10.9. The highest BCUT2D eigenvalue weighted by Gasteiger charge is 2.07. The summed E-state index contributed by atoms with van der Waals surface area (Å²) in [5.41, 5.74) is 1.44. The fraction of sp³-hybridized carbons (Fsp3) is 0.143. The first-order chi connectivity index (χ1) is 9.20. The minimum absolute atomic E-state index is 0.00103. The molecular formula is C14H14N2O3. The molecule has 0 unspecified atom stereocenters. The summed E-state index contributed by atoms with van der Waals surface area (Å²) in [7, 11) is 0. The Morgan fingerprint density at radius 3 is 2.89 bits per heavy atom. The van der Waals surface area contributed by atoms with Gasteiger partial charge >= 0.3 is 5.97 Å². The van der Waals surface area contributed by atoms with Gasteiger partial charge < -0.3 is 15.2 Å². The number of rotatable bonds is 5. The van der Waals surface area contributed by atoms with Gasteiger partial charge in [0.1, 0.15) is 11.4 Å². The molecule has 1 aromatic heterocycles. The Bertz CT molecular complexity index is 584. The fourth-order valence-electron chi connectivity index (χ4n) is 1.63. The van der Waals surface area contributed by atoms with Crippen LogP contribution < -0.4 is 10.1 Å². The molecule has 0 saturated heterocycles. The van der Waals surface area contributed by atoms with E-state index in [1.165, 1.54) is 12.3 Å². The van der Waals surface area contributed by atoms with Crippen molar-refractivity contribution in [1.82, 2.24) is 4.98 Å². The van der Waals surface area contributed by atoms with Gasteiger partial charge in [-0.25, -0.2) is 9.78 Å². The molecule has 2 N–H and O–H groups in total. The summed E-state index contributed by atoms with van der Waals surface area (Å²) in [6, 6.07) is 10.7. The lowest BCUT2D eigenvalue weighted by molar-refractivity contribution is 0.0690. The summed E-state index contributed by atoms with van der Waals surface area (Å²) in [5.74, 6) is -0.333. The molecule has 19 heavy (non-hydrogen) atoms. The Balaban J connectivity index is 2.26. The molecule has 2 aromatic rings. The van der Waals surface area contributed by atoms with Gasteiger partial charge in [0.25, 0.3) is 0 Å². The van der Waals surface area contributed by atoms with Gasteiger partial charge in [0.15, 0.2) is 0 Å². The lowest BCUT2D eigenvalue weighted by atomic mass is 10.2. The zero-order valence-corrected chi connectivity index (χ0v) is 10.5. The maximum absolute atomic E-state index is 10.9. The van der Waals surface area contributed by atoms with E-state index in [1.54, 1.807) is 6.07 Å². The second-order valence-corrected chi connectivity index (χ2v) is 3.79. The number of ether oxygens (including phenoxy) is 1. The summed E-state index contributed by atoms with van der Waals surface area (Å²) >= 11 is 0. The van der Waals surface area contributed by atoms with Crippen molar-refractivity contribution in [3.63, 3.8) is 0 Å². The number of nitrogens with one attached hydrogen (secondary N) is 1. The van der Waals surface area contributed by atoms with Crippen molar-refractivity contribution in [3.8, 4) is 5.75 Å². The third-order valence-corrected chi connectivity index (χ3v) is 2.44. The minimum atomic E-state index is -1.05. The predicted octanol–water partition coefficient (Wildman–Crippen LogP) is 2.92. The second-order valence-electron chi connectivity index (χ2n) is 3.79. The van der Waals surface area contributed by atoms with Crippen molar-refractivity contribution >= 4 is 17.3 Å². The molecule has 2 rings (SSSR count). The van der Waals surface area contributed by atoms with Gasteiger partial charge in [0, 0.05) is 11.9 Å². The SMILES string of the molecule is CCOc1ccccc1Nc1ccnc(C(=O)O)c1. The van der Waals surface area contributed by atoms with E-state index < -0.39 is 5.97 Å². The van der Waals surface area contributed by atoms with Crippen molar-refractivity contribution < 1.29 is 14.6 Å². The lowest BCUT2D eigenvalue weighted by Gasteiger charge is -2.12. The number of carbonyl (C=O) groups is 1. The van der Waals surface area contributed by atoms with Gasteiger partial charge in [-0.15, -0.1) is 0 Å². The third-order valence-electron chi connectivity index (χ3n) is 2.44. The average molecular weight is 258 g/mol. The van der Waals surface area contributed by atoms with Crippen LogP contribution in [0.1, 0.15) is 17.4 Å². The summed E-state index contributed by atoms with van der Waals surface area (Å²) in [6.07, 6.45) is 1.45. The molecule has 0 atom stereocenters. The molecule has 0 spiro atoms. The molecule has 1 aromatic carbocycles. The monoisotopic (exact) mass is 258 g/mol. The molecule has 5 nitrogen and oxygen atoms in total. The number of para-hydroxylation sites is 2. The normalized spacial score (nSPS) is 9.95. The molecule has 0 aliphatic heterocycles. The highest BCUT2D eigenvalue weighted by atomic mass is 16.5. The van der Waals surface area contributed by atoms with E-state index in [-0.39, 0.29) is 5.69 Å². The van der Waals surface area contributed by atoms with E-state index >= 15 is 0 Å². The Morgan fingerprint density at radius 2 is 2.16 bits per heavy atom. The van der Waals surface area contributed by atoms with Crippen molar-refractivity contribution in [2.45, 2.75) is 6.92 Å². The Morgan fingerprint density at radius 1 is 1.37 bits per heavy atom. The average Bonchev–Trinajstić information content (AvgIpc) is 2.41. The van der Waals surface area contributed by atoms with Crippen LogP contribution >= 0.6 is 0 Å². The zero-order chi connectivity index (χ0) is 13.7. The Labute approximate surface area is 110 Å². The largest absolute Gasteiger partial charge is 0.492 e. The molecule has 0 saturated carbocycles. The van der Waals surface area contributed by atoms with Crippen LogP contribution in [-0.2, 0) is 0 Å². The van der Waals surface area contributed by atoms with Crippen LogP contribution in [0.3, 0.4) is 0 Å². The number of aromatic nitrogens is 1. The van der Waals surface area contributed by atoms with E-state index in [2.05, 4.69) is 10.3 Å². The number of hydrogen-bond donors (Lipinski definition) is 2. The number of anilines is 2. The van der Waals surface area contributed by atoms with Crippen LogP contribution in [0.4, 0.5) is 11.4 Å². The van der Waals surface area contributed by atoms with Crippen molar-refractivity contribution in [2.24, 2.45) is 0 Å². The summed E-state index contributed by atoms with van der Waals surface area (Å²) in [6.45, 7) is 2.47. The molecule has 0 amide bonds. The molecule has 0 fully saturated rings. The molecule has 0 radical (unpaired) electrons. The van der Waals surface area contributed by atoms with Crippen LogP contribution in [0.15, 0.2) is 42.6 Å². The number of carboxylic acids is 1. The third kappa shape index (κ3) is 3.22. The molecule has 98 valence electrons. The topological polar surface area (TPSA) is 71.5 Å². The van der Waals surface area contributed by atoms with Gasteiger partial charge in [-0.3, -0.25) is 0 Å². The van der Waals surface area contributed by atoms with Gasteiger partial charge in [0.2, 0.25) is 0 Å². The summed E-state index contributed by atoms with van der Waals surface area (Å²) < 4.78 is 5.49. The second kappa shape index (κ2) is 5.86. The van der Waals surface area contributed by atoms with Crippen LogP contribution in [0, 0.1) is 0 Å². The van der Waals surface area contributed by atoms with Gasteiger partial charge in [-0.05, 0) is 31.2 Å². The quantitative estimate of drug-likeness (QED) is 0.862. The van der Waals surface area contributed by atoms with Crippen molar-refractivity contribution in [1.29, 1.82) is 0 Å². The van der Waals surface area contributed by atoms with Gasteiger partial charge in [-0.1, -0.05) is 12.1 Å². The summed E-state index contributed by atoms with van der Waals surface area (Å²) in [4.78, 5) is 14.6. The standard InChI is InChI=1S/C14H14N2O3/c1-2-19-13-6-4-3-5-11(13)16-10-7-8-15-12(9-10)14(17)18/h3-9H,2H2,1H3,(H,15,16)(H,17,18). The van der Waals surface area contributed by atoms with Crippen LogP contribution in [0.2, 0.25) is 0 Å². The number of aromatic carboxylic acids is 1. The number of benzene rings is 1. The first kappa shape index (κ1) is 12.9. The summed E-state index contributed by atoms with van der Waals surface area (Å²) in [5, 5.41) is 12.0. The highest BCUT2D eigenvalue weighted by Crippen LogP contribution is 2.27. The van der Waals surface area contributed by atoms with E-state index in [0.717, 1.165) is 11.4 Å². The predicted molar refractivity (Wildman–Crippen MR) is 72.1 cm³/mol. The smallest absolute Gasteiger partial charge is 0.354 e. The van der Waals surface area contributed by atoms with E-state index in [9.17, 15) is 4.79 Å². The van der Waals surface area contributed by atoms with E-state index in [1.807, 2.05) is 31.2 Å². The molecule has 1 heterocycles.